The molecule has 44 heavy (non-hydrogen) atoms. The van der Waals surface area contributed by atoms with Crippen molar-refractivity contribution in [2.45, 2.75) is 0 Å². The van der Waals surface area contributed by atoms with Gasteiger partial charge >= 0.3 is 0 Å². The van der Waals surface area contributed by atoms with E-state index in [1.54, 1.807) is 22.7 Å². The van der Waals surface area contributed by atoms with Crippen molar-refractivity contribution in [1.82, 2.24) is 19.9 Å². The fraction of sp³-hybridized carbons (Fsp3) is 0. The monoisotopic (exact) mass is 598 g/mol. The number of benzene rings is 5. The van der Waals surface area contributed by atoms with Crippen molar-refractivity contribution >= 4 is 63.5 Å². The number of aromatic nitrogens is 4. The Morgan fingerprint density at radius 3 is 1.20 bits per heavy atom. The fourth-order valence-electron chi connectivity index (χ4n) is 5.85. The zero-order chi connectivity index (χ0) is 29.0. The van der Waals surface area contributed by atoms with Crippen LogP contribution in [0, 0.1) is 0 Å². The lowest BCUT2D eigenvalue weighted by Gasteiger charge is -2.12. The Morgan fingerprint density at radius 2 is 0.727 bits per heavy atom. The summed E-state index contributed by atoms with van der Waals surface area (Å²) in [6.45, 7) is 0. The van der Waals surface area contributed by atoms with Crippen molar-refractivity contribution in [1.29, 1.82) is 0 Å². The van der Waals surface area contributed by atoms with Crippen molar-refractivity contribution in [3.05, 3.63) is 133 Å². The van der Waals surface area contributed by atoms with Crippen LogP contribution in [0.15, 0.2) is 133 Å². The van der Waals surface area contributed by atoms with Crippen LogP contribution in [-0.2, 0) is 0 Å². The van der Waals surface area contributed by atoms with Gasteiger partial charge in [0.05, 0.1) is 22.8 Å². The lowest BCUT2D eigenvalue weighted by molar-refractivity contribution is 1.30. The van der Waals surface area contributed by atoms with Gasteiger partial charge in [-0.3, -0.25) is 0 Å². The molecule has 0 bridgehead atoms. The molecule has 0 saturated carbocycles. The highest BCUT2D eigenvalue weighted by Gasteiger charge is 2.20. The number of nitrogens with zero attached hydrogens (tertiary/aromatic N) is 4. The summed E-state index contributed by atoms with van der Waals surface area (Å²) < 4.78 is 2.37. The molecule has 9 aromatic rings. The average molecular weight is 599 g/mol. The van der Waals surface area contributed by atoms with E-state index in [0.29, 0.717) is 0 Å². The fourth-order valence-corrected chi connectivity index (χ4v) is 7.89. The van der Waals surface area contributed by atoms with Crippen LogP contribution in [0.3, 0.4) is 0 Å². The minimum Gasteiger partial charge on any atom is -0.242 e. The Kier molecular flexibility index (Phi) is 5.82. The highest BCUT2D eigenvalue weighted by molar-refractivity contribution is 7.25. The maximum absolute atomic E-state index is 5.28. The molecule has 0 radical (unpaired) electrons. The summed E-state index contributed by atoms with van der Waals surface area (Å²) in [5.74, 6) is 0. The van der Waals surface area contributed by atoms with Gasteiger partial charge in [0.1, 0.15) is 20.7 Å². The summed E-state index contributed by atoms with van der Waals surface area (Å²) in [5.41, 5.74) is 9.39. The first-order valence-corrected chi connectivity index (χ1v) is 16.0. The Bertz CT molecular complexity index is 2330. The second kappa shape index (κ2) is 10.2. The van der Waals surface area contributed by atoms with Crippen LogP contribution >= 0.6 is 22.7 Å². The highest BCUT2D eigenvalue weighted by Crippen LogP contribution is 2.40. The third-order valence-electron chi connectivity index (χ3n) is 7.93. The summed E-state index contributed by atoms with van der Waals surface area (Å²) in [5, 5.41) is 2.27. The van der Waals surface area contributed by atoms with E-state index >= 15 is 0 Å². The van der Waals surface area contributed by atoms with E-state index in [1.165, 1.54) is 9.40 Å². The van der Waals surface area contributed by atoms with Crippen LogP contribution < -0.4 is 0 Å². The molecule has 4 nitrogen and oxygen atoms in total. The summed E-state index contributed by atoms with van der Waals surface area (Å²) in [6.07, 6.45) is 0. The quantitative estimate of drug-likeness (QED) is 0.202. The molecule has 4 aromatic heterocycles. The van der Waals surface area contributed by atoms with E-state index in [-0.39, 0.29) is 0 Å². The average Bonchev–Trinajstić information content (AvgIpc) is 3.65. The van der Waals surface area contributed by atoms with Gasteiger partial charge < -0.3 is 0 Å². The van der Waals surface area contributed by atoms with Gasteiger partial charge in [0.2, 0.25) is 0 Å². The van der Waals surface area contributed by atoms with Crippen molar-refractivity contribution < 1.29 is 0 Å². The van der Waals surface area contributed by atoms with Crippen LogP contribution in [0.5, 0.6) is 0 Å². The Labute approximate surface area is 261 Å². The molecule has 6 heteroatoms. The Balaban J connectivity index is 1.29. The molecule has 5 aromatic carbocycles. The molecule has 0 aliphatic carbocycles. The van der Waals surface area contributed by atoms with Gasteiger partial charge in [0, 0.05) is 42.4 Å². The second-order valence-corrected chi connectivity index (χ2v) is 12.7. The summed E-state index contributed by atoms with van der Waals surface area (Å²) in [4.78, 5) is 22.9. The number of hydrogen-bond donors (Lipinski definition) is 0. The van der Waals surface area contributed by atoms with E-state index in [1.807, 2.05) is 12.1 Å². The SMILES string of the molecule is c1ccc(-c2nc3c(nc2-c2cccc(-c4nc5sc6ccccc6c5nc4-c4ccccc4)c2)sc2ccccc23)cc1. The maximum Gasteiger partial charge on any atom is 0.143 e. The molecule has 0 aliphatic rings. The van der Waals surface area contributed by atoms with Gasteiger partial charge in [0.15, 0.2) is 0 Å². The molecule has 0 spiro atoms. The van der Waals surface area contributed by atoms with Crippen LogP contribution in [0.2, 0.25) is 0 Å². The predicted molar refractivity (Wildman–Crippen MR) is 185 cm³/mol. The van der Waals surface area contributed by atoms with Gasteiger partial charge in [0.25, 0.3) is 0 Å². The molecule has 0 N–H and O–H groups in total. The molecule has 0 fully saturated rings. The van der Waals surface area contributed by atoms with E-state index in [2.05, 4.69) is 121 Å². The maximum atomic E-state index is 5.28. The van der Waals surface area contributed by atoms with Gasteiger partial charge in [-0.1, -0.05) is 115 Å². The third kappa shape index (κ3) is 4.11. The molecule has 0 unspecified atom stereocenters. The van der Waals surface area contributed by atoms with E-state index in [0.717, 1.165) is 76.5 Å². The van der Waals surface area contributed by atoms with Crippen LogP contribution in [0.25, 0.3) is 85.9 Å². The molecule has 0 aliphatic heterocycles. The zero-order valence-corrected chi connectivity index (χ0v) is 24.9. The molecule has 4 heterocycles. The molecule has 0 amide bonds. The zero-order valence-electron chi connectivity index (χ0n) is 23.3. The van der Waals surface area contributed by atoms with E-state index in [9.17, 15) is 0 Å². The molecular weight excluding hydrogens is 577 g/mol. The van der Waals surface area contributed by atoms with Gasteiger partial charge in [-0.05, 0) is 18.2 Å². The number of hydrogen-bond acceptors (Lipinski definition) is 6. The standard InChI is InChI=1S/C38H22N4S2/c1-3-12-23(13-4-1)31-33(41-37-35(39-31)27-18-7-9-20-29(27)43-37)25-16-11-17-26(22-25)34-32(24-14-5-2-6-15-24)40-36-28-19-8-10-21-30(28)44-38(36)42-34/h1-22H. The molecular formula is C38H22N4S2. The lowest BCUT2D eigenvalue weighted by atomic mass is 9.99. The summed E-state index contributed by atoms with van der Waals surface area (Å²) in [6, 6.07) is 46.0. The first-order valence-electron chi connectivity index (χ1n) is 14.4. The minimum absolute atomic E-state index is 0.856. The largest absolute Gasteiger partial charge is 0.242 e. The second-order valence-electron chi connectivity index (χ2n) is 10.7. The van der Waals surface area contributed by atoms with E-state index < -0.39 is 0 Å². The Morgan fingerprint density at radius 1 is 0.341 bits per heavy atom. The topological polar surface area (TPSA) is 51.6 Å². The first kappa shape index (κ1) is 25.2. The van der Waals surface area contributed by atoms with Gasteiger partial charge in [-0.2, -0.15) is 0 Å². The predicted octanol–water partition coefficient (Wildman–Crippen LogP) is 10.7. The van der Waals surface area contributed by atoms with Gasteiger partial charge in [-0.25, -0.2) is 19.9 Å². The molecule has 0 atom stereocenters. The van der Waals surface area contributed by atoms with Crippen molar-refractivity contribution in [3.8, 4) is 45.0 Å². The third-order valence-corrected chi connectivity index (χ3v) is 10.0. The molecule has 206 valence electrons. The Hall–Kier alpha value is -5.30. The number of thiophene rings is 2. The summed E-state index contributed by atoms with van der Waals surface area (Å²) >= 11 is 3.37. The molecule has 0 saturated heterocycles. The number of fused-ring (bicyclic) bond motifs is 6. The van der Waals surface area contributed by atoms with Crippen LogP contribution in [-0.4, -0.2) is 19.9 Å². The highest BCUT2D eigenvalue weighted by atomic mass is 32.1. The lowest BCUT2D eigenvalue weighted by Crippen LogP contribution is -1.96. The van der Waals surface area contributed by atoms with Crippen molar-refractivity contribution in [2.75, 3.05) is 0 Å². The van der Waals surface area contributed by atoms with E-state index in [4.69, 9.17) is 19.9 Å². The van der Waals surface area contributed by atoms with Crippen LogP contribution in [0.1, 0.15) is 0 Å². The van der Waals surface area contributed by atoms with Gasteiger partial charge in [-0.15, -0.1) is 22.7 Å². The van der Waals surface area contributed by atoms with Crippen molar-refractivity contribution in [2.24, 2.45) is 0 Å². The summed E-state index contributed by atoms with van der Waals surface area (Å²) in [7, 11) is 0. The molecule has 9 rings (SSSR count). The first-order chi connectivity index (χ1) is 21.8. The van der Waals surface area contributed by atoms with Crippen LogP contribution in [0.4, 0.5) is 0 Å². The minimum atomic E-state index is 0.856. The normalized spacial score (nSPS) is 11.6. The number of rotatable bonds is 4. The smallest absolute Gasteiger partial charge is 0.143 e. The van der Waals surface area contributed by atoms with Crippen molar-refractivity contribution in [3.63, 3.8) is 0 Å².